The van der Waals surface area contributed by atoms with Gasteiger partial charge in [0.05, 0.1) is 6.54 Å². The number of carbonyl (C=O) groups excluding carboxylic acids is 2. The molecule has 1 aliphatic heterocycles. The molecule has 1 atom stereocenters. The molecule has 0 aliphatic carbocycles. The number of amides is 2. The Labute approximate surface area is 132 Å². The van der Waals surface area contributed by atoms with Gasteiger partial charge in [0.25, 0.3) is 5.91 Å². The third kappa shape index (κ3) is 3.65. The molecular formula is C14H20BrN3O3. The standard InChI is InChI=1S/C14H20BrN3O3/c1-14(8-16)5-6-18(9-14)12(19)7-17(2)13(20)10-3-4-11(15)21-10/h3-4H,5-9,16H2,1-2H3. The Morgan fingerprint density at radius 1 is 1.52 bits per heavy atom. The summed E-state index contributed by atoms with van der Waals surface area (Å²) >= 11 is 3.15. The fourth-order valence-electron chi connectivity index (χ4n) is 2.40. The van der Waals surface area contributed by atoms with Crippen LogP contribution in [0.5, 0.6) is 0 Å². The van der Waals surface area contributed by atoms with Crippen LogP contribution in [0.4, 0.5) is 0 Å². The Hall–Kier alpha value is -1.34. The normalized spacial score (nSPS) is 21.6. The lowest BCUT2D eigenvalue weighted by Crippen LogP contribution is -2.41. The first-order chi connectivity index (χ1) is 9.84. The van der Waals surface area contributed by atoms with Gasteiger partial charge in [-0.2, -0.15) is 0 Å². The smallest absolute Gasteiger partial charge is 0.289 e. The SMILES string of the molecule is CN(CC(=O)N1CCC(C)(CN)C1)C(=O)c1ccc(Br)o1. The van der Waals surface area contributed by atoms with E-state index in [1.54, 1.807) is 24.1 Å². The van der Waals surface area contributed by atoms with Crippen LogP contribution in [0.15, 0.2) is 21.2 Å². The van der Waals surface area contributed by atoms with Gasteiger partial charge < -0.3 is 20.0 Å². The maximum atomic E-state index is 12.3. The molecule has 0 radical (unpaired) electrons. The number of halogens is 1. The lowest BCUT2D eigenvalue weighted by Gasteiger charge is -2.24. The minimum absolute atomic E-state index is 0.00981. The van der Waals surface area contributed by atoms with Crippen molar-refractivity contribution in [3.8, 4) is 0 Å². The quantitative estimate of drug-likeness (QED) is 0.880. The zero-order valence-corrected chi connectivity index (χ0v) is 13.9. The van der Waals surface area contributed by atoms with E-state index in [4.69, 9.17) is 10.2 Å². The first kappa shape index (κ1) is 16.0. The highest BCUT2D eigenvalue weighted by atomic mass is 79.9. The number of nitrogens with two attached hydrogens (primary N) is 1. The average molecular weight is 358 g/mol. The number of nitrogens with zero attached hydrogens (tertiary/aromatic N) is 2. The zero-order valence-electron chi connectivity index (χ0n) is 12.3. The number of likely N-dealkylation sites (N-methyl/N-ethyl adjacent to an activating group) is 1. The number of likely N-dealkylation sites (tertiary alicyclic amines) is 1. The summed E-state index contributed by atoms with van der Waals surface area (Å²) in [6.07, 6.45) is 0.901. The third-order valence-electron chi connectivity index (χ3n) is 3.91. The van der Waals surface area contributed by atoms with Crippen LogP contribution >= 0.6 is 15.9 Å². The molecule has 7 heteroatoms. The van der Waals surface area contributed by atoms with E-state index in [9.17, 15) is 9.59 Å². The second kappa shape index (κ2) is 6.19. The zero-order chi connectivity index (χ0) is 15.6. The summed E-state index contributed by atoms with van der Waals surface area (Å²) in [6, 6.07) is 3.23. The van der Waals surface area contributed by atoms with E-state index in [2.05, 4.69) is 22.9 Å². The largest absolute Gasteiger partial charge is 0.444 e. The molecular weight excluding hydrogens is 338 g/mol. The molecule has 1 fully saturated rings. The molecule has 1 unspecified atom stereocenters. The lowest BCUT2D eigenvalue weighted by molar-refractivity contribution is -0.131. The van der Waals surface area contributed by atoms with Crippen molar-refractivity contribution in [1.29, 1.82) is 0 Å². The maximum Gasteiger partial charge on any atom is 0.289 e. The summed E-state index contributed by atoms with van der Waals surface area (Å²) in [6.45, 7) is 4.02. The van der Waals surface area contributed by atoms with Crippen LogP contribution in [0.1, 0.15) is 23.9 Å². The average Bonchev–Trinajstić information content (AvgIpc) is 3.05. The van der Waals surface area contributed by atoms with Gasteiger partial charge in [-0.05, 0) is 46.4 Å². The van der Waals surface area contributed by atoms with E-state index in [1.807, 2.05) is 0 Å². The molecule has 0 bridgehead atoms. The van der Waals surface area contributed by atoms with Crippen LogP contribution in [0.3, 0.4) is 0 Å². The molecule has 21 heavy (non-hydrogen) atoms. The summed E-state index contributed by atoms with van der Waals surface area (Å²) in [5.74, 6) is -0.158. The minimum atomic E-state index is -0.310. The second-order valence-electron chi connectivity index (χ2n) is 5.85. The summed E-state index contributed by atoms with van der Waals surface area (Å²) < 4.78 is 5.70. The highest BCUT2D eigenvalue weighted by molar-refractivity contribution is 9.10. The molecule has 2 rings (SSSR count). The van der Waals surface area contributed by atoms with Gasteiger partial charge in [0.2, 0.25) is 5.91 Å². The fourth-order valence-corrected chi connectivity index (χ4v) is 2.70. The highest BCUT2D eigenvalue weighted by Gasteiger charge is 2.35. The van der Waals surface area contributed by atoms with E-state index >= 15 is 0 Å². The summed E-state index contributed by atoms with van der Waals surface area (Å²) in [7, 11) is 1.59. The van der Waals surface area contributed by atoms with Crippen molar-refractivity contribution < 1.29 is 14.0 Å². The predicted octanol–water partition coefficient (Wildman–Crippen LogP) is 1.31. The van der Waals surface area contributed by atoms with Gasteiger partial charge >= 0.3 is 0 Å². The Bertz CT molecular complexity index is 545. The van der Waals surface area contributed by atoms with Gasteiger partial charge in [-0.15, -0.1) is 0 Å². The number of hydrogen-bond donors (Lipinski definition) is 1. The molecule has 2 amide bonds. The molecule has 116 valence electrons. The molecule has 1 aromatic rings. The maximum absolute atomic E-state index is 12.3. The monoisotopic (exact) mass is 357 g/mol. The van der Waals surface area contributed by atoms with Crippen molar-refractivity contribution in [1.82, 2.24) is 9.80 Å². The van der Waals surface area contributed by atoms with Crippen molar-refractivity contribution in [3.05, 3.63) is 22.6 Å². The van der Waals surface area contributed by atoms with Gasteiger partial charge in [0, 0.05) is 20.1 Å². The molecule has 6 nitrogen and oxygen atoms in total. The molecule has 0 saturated carbocycles. The van der Waals surface area contributed by atoms with Gasteiger partial charge in [-0.1, -0.05) is 6.92 Å². The molecule has 0 aromatic carbocycles. The van der Waals surface area contributed by atoms with Crippen LogP contribution in [-0.2, 0) is 4.79 Å². The van der Waals surface area contributed by atoms with E-state index in [1.165, 1.54) is 4.90 Å². The summed E-state index contributed by atoms with van der Waals surface area (Å²) in [5, 5.41) is 0. The van der Waals surface area contributed by atoms with E-state index < -0.39 is 0 Å². The van der Waals surface area contributed by atoms with Crippen molar-refractivity contribution in [2.24, 2.45) is 11.1 Å². The Balaban J connectivity index is 1.92. The highest BCUT2D eigenvalue weighted by Crippen LogP contribution is 2.28. The molecule has 0 spiro atoms. The van der Waals surface area contributed by atoms with E-state index in [0.29, 0.717) is 24.3 Å². The Morgan fingerprint density at radius 3 is 2.76 bits per heavy atom. The summed E-state index contributed by atoms with van der Waals surface area (Å²) in [5.41, 5.74) is 5.73. The van der Waals surface area contributed by atoms with Gasteiger partial charge in [0.1, 0.15) is 0 Å². The Morgan fingerprint density at radius 2 is 2.24 bits per heavy atom. The van der Waals surface area contributed by atoms with Crippen molar-refractivity contribution in [3.63, 3.8) is 0 Å². The topological polar surface area (TPSA) is 79.8 Å². The molecule has 1 saturated heterocycles. The van der Waals surface area contributed by atoms with Crippen LogP contribution < -0.4 is 5.73 Å². The van der Waals surface area contributed by atoms with Crippen LogP contribution in [-0.4, -0.2) is 54.8 Å². The Kier molecular flexibility index (Phi) is 4.73. The van der Waals surface area contributed by atoms with E-state index in [-0.39, 0.29) is 29.5 Å². The summed E-state index contributed by atoms with van der Waals surface area (Å²) in [4.78, 5) is 27.5. The number of hydrogen-bond acceptors (Lipinski definition) is 4. The first-order valence-corrected chi connectivity index (χ1v) is 7.62. The van der Waals surface area contributed by atoms with Crippen molar-refractivity contribution >= 4 is 27.7 Å². The minimum Gasteiger partial charge on any atom is -0.444 e. The fraction of sp³-hybridized carbons (Fsp3) is 0.571. The van der Waals surface area contributed by atoms with Gasteiger partial charge in [-0.3, -0.25) is 9.59 Å². The number of rotatable bonds is 4. The van der Waals surface area contributed by atoms with Crippen molar-refractivity contribution in [2.75, 3.05) is 33.2 Å². The van der Waals surface area contributed by atoms with Gasteiger partial charge in [0.15, 0.2) is 10.4 Å². The lowest BCUT2D eigenvalue weighted by atomic mass is 9.90. The number of furan rings is 1. The van der Waals surface area contributed by atoms with Crippen LogP contribution in [0.2, 0.25) is 0 Å². The first-order valence-electron chi connectivity index (χ1n) is 6.83. The van der Waals surface area contributed by atoms with Crippen molar-refractivity contribution in [2.45, 2.75) is 13.3 Å². The molecule has 1 aromatic heterocycles. The van der Waals surface area contributed by atoms with Gasteiger partial charge in [-0.25, -0.2) is 0 Å². The molecule has 2 heterocycles. The third-order valence-corrected chi connectivity index (χ3v) is 4.33. The van der Waals surface area contributed by atoms with Crippen LogP contribution in [0.25, 0.3) is 0 Å². The number of carbonyl (C=O) groups is 2. The van der Waals surface area contributed by atoms with Crippen LogP contribution in [0, 0.1) is 5.41 Å². The second-order valence-corrected chi connectivity index (χ2v) is 6.63. The molecule has 2 N–H and O–H groups in total. The predicted molar refractivity (Wildman–Crippen MR) is 81.7 cm³/mol. The van der Waals surface area contributed by atoms with E-state index in [0.717, 1.165) is 6.42 Å². The molecule has 1 aliphatic rings.